The maximum atomic E-state index is 13.4. The van der Waals surface area contributed by atoms with Crippen LogP contribution in [0.25, 0.3) is 0 Å². The Labute approximate surface area is 192 Å². The second-order valence-electron chi connectivity index (χ2n) is 9.39. The lowest BCUT2D eigenvalue weighted by Crippen LogP contribution is -2.65. The zero-order valence-corrected chi connectivity index (χ0v) is 18.6. The molecule has 1 saturated carbocycles. The van der Waals surface area contributed by atoms with E-state index >= 15 is 0 Å². The topological polar surface area (TPSA) is 72.4 Å². The van der Waals surface area contributed by atoms with Gasteiger partial charge in [0.15, 0.2) is 11.6 Å². The smallest absolute Gasteiger partial charge is 0.188 e. The lowest BCUT2D eigenvalue weighted by Gasteiger charge is -2.59. The highest BCUT2D eigenvalue weighted by molar-refractivity contribution is 5.56. The van der Waals surface area contributed by atoms with Crippen molar-refractivity contribution in [2.24, 2.45) is 5.41 Å². The van der Waals surface area contributed by atoms with Crippen molar-refractivity contribution in [2.75, 3.05) is 24.5 Å². The Kier molecular flexibility index (Phi) is 4.90. The summed E-state index contributed by atoms with van der Waals surface area (Å²) < 4.78 is 25.9. The van der Waals surface area contributed by atoms with E-state index in [1.807, 2.05) is 19.2 Å². The molecule has 170 valence electrons. The summed E-state index contributed by atoms with van der Waals surface area (Å²) in [6, 6.07) is 6.49. The van der Waals surface area contributed by atoms with Gasteiger partial charge in [0.05, 0.1) is 6.20 Å². The summed E-state index contributed by atoms with van der Waals surface area (Å²) in [5, 5.41) is 3.41. The van der Waals surface area contributed by atoms with Crippen molar-refractivity contribution in [3.05, 3.63) is 65.6 Å². The van der Waals surface area contributed by atoms with E-state index in [-0.39, 0.29) is 17.3 Å². The third-order valence-corrected chi connectivity index (χ3v) is 6.93. The summed E-state index contributed by atoms with van der Waals surface area (Å²) in [7, 11) is 0. The van der Waals surface area contributed by atoms with E-state index in [1.165, 1.54) is 24.0 Å². The molecule has 0 atom stereocenters. The minimum atomic E-state index is -0.278. The van der Waals surface area contributed by atoms with Crippen LogP contribution < -0.4 is 19.7 Å². The van der Waals surface area contributed by atoms with Gasteiger partial charge in [-0.05, 0) is 49.6 Å². The maximum absolute atomic E-state index is 13.4. The second kappa shape index (κ2) is 7.95. The molecule has 2 fully saturated rings. The zero-order valence-electron chi connectivity index (χ0n) is 18.6. The van der Waals surface area contributed by atoms with E-state index in [1.54, 1.807) is 12.3 Å². The number of pyridine rings is 1. The minimum absolute atomic E-state index is 0.239. The summed E-state index contributed by atoms with van der Waals surface area (Å²) in [4.78, 5) is 15.3. The Bertz CT molecular complexity index is 1190. The van der Waals surface area contributed by atoms with Gasteiger partial charge in [0.25, 0.3) is 0 Å². The number of aryl methyl sites for hydroxylation is 1. The molecule has 3 aromatic rings. The maximum Gasteiger partial charge on any atom is 0.188 e. The van der Waals surface area contributed by atoms with Gasteiger partial charge in [-0.25, -0.2) is 14.4 Å². The zero-order chi connectivity index (χ0) is 22.4. The summed E-state index contributed by atoms with van der Waals surface area (Å²) in [5.41, 5.74) is 3.36. The second-order valence-corrected chi connectivity index (χ2v) is 9.39. The summed E-state index contributed by atoms with van der Waals surface area (Å²) in [5.74, 6) is 2.67. The molecule has 2 aromatic heterocycles. The van der Waals surface area contributed by atoms with Crippen LogP contribution in [0.1, 0.15) is 29.7 Å². The first-order chi connectivity index (χ1) is 16.1. The number of nitrogens with zero attached hydrogens (tertiary/aromatic N) is 4. The number of aromatic nitrogens is 3. The van der Waals surface area contributed by atoms with Crippen molar-refractivity contribution in [3.8, 4) is 17.2 Å². The van der Waals surface area contributed by atoms with Gasteiger partial charge in [0.1, 0.15) is 29.7 Å². The predicted molar refractivity (Wildman–Crippen MR) is 121 cm³/mol. The van der Waals surface area contributed by atoms with Crippen LogP contribution in [0.15, 0.2) is 43.0 Å². The van der Waals surface area contributed by atoms with Crippen molar-refractivity contribution >= 4 is 5.82 Å². The van der Waals surface area contributed by atoms with E-state index in [0.717, 1.165) is 68.3 Å². The largest absolute Gasteiger partial charge is 0.490 e. The molecule has 0 unspecified atom stereocenters. The van der Waals surface area contributed by atoms with E-state index in [0.29, 0.717) is 11.5 Å². The Morgan fingerprint density at radius 1 is 1.12 bits per heavy atom. The lowest BCUT2D eigenvalue weighted by molar-refractivity contribution is -0.0349. The molecular weight excluding hydrogens is 421 g/mol. The third kappa shape index (κ3) is 3.78. The number of halogens is 1. The van der Waals surface area contributed by atoms with Crippen molar-refractivity contribution < 1.29 is 13.9 Å². The average Bonchev–Trinajstić information content (AvgIpc) is 2.77. The molecule has 7 nitrogen and oxygen atoms in total. The first kappa shape index (κ1) is 20.4. The molecule has 1 aliphatic carbocycles. The first-order valence-corrected chi connectivity index (χ1v) is 11.4. The highest BCUT2D eigenvalue weighted by atomic mass is 19.1. The Balaban J connectivity index is 1.09. The van der Waals surface area contributed by atoms with E-state index < -0.39 is 0 Å². The van der Waals surface area contributed by atoms with Gasteiger partial charge in [-0.2, -0.15) is 0 Å². The molecule has 33 heavy (non-hydrogen) atoms. The molecule has 1 aromatic carbocycles. The number of anilines is 1. The molecule has 0 amide bonds. The molecular formula is C25H26FN5O2. The minimum Gasteiger partial charge on any atom is -0.490 e. The third-order valence-electron chi connectivity index (χ3n) is 6.93. The summed E-state index contributed by atoms with van der Waals surface area (Å²) in [6.45, 7) is 5.46. The average molecular weight is 448 g/mol. The fraction of sp³-hybridized carbons (Fsp3) is 0.400. The first-order valence-electron chi connectivity index (χ1n) is 11.4. The van der Waals surface area contributed by atoms with Crippen LogP contribution in [0.4, 0.5) is 10.2 Å². The Morgan fingerprint density at radius 2 is 2.00 bits per heavy atom. The van der Waals surface area contributed by atoms with Gasteiger partial charge in [0.2, 0.25) is 0 Å². The monoisotopic (exact) mass is 447 g/mol. The van der Waals surface area contributed by atoms with Crippen LogP contribution in [0.3, 0.4) is 0 Å². The standard InChI is InChI=1S/C25H26FN5O2/c1-16-8-17(26)2-3-21(16)33-23-12-28-15-30-24(23)31-13-25(14-31)9-18(10-25)32-22-5-7-29-20-4-6-27-11-19(20)22/h2-3,5,7-8,12,15,18,27H,4,6,9-11,13-14H2,1H3. The molecule has 0 radical (unpaired) electrons. The van der Waals surface area contributed by atoms with Crippen molar-refractivity contribution in [1.29, 1.82) is 0 Å². The van der Waals surface area contributed by atoms with Gasteiger partial charge in [0, 0.05) is 55.5 Å². The molecule has 2 aliphatic heterocycles. The quantitative estimate of drug-likeness (QED) is 0.638. The van der Waals surface area contributed by atoms with Crippen LogP contribution in [0.2, 0.25) is 0 Å². The number of rotatable bonds is 5. The van der Waals surface area contributed by atoms with Gasteiger partial charge >= 0.3 is 0 Å². The normalized spacial score (nSPS) is 18.9. The SMILES string of the molecule is Cc1cc(F)ccc1Oc1cncnc1N1CC2(CC(Oc3ccnc4c3CNCC4)C2)C1. The highest BCUT2D eigenvalue weighted by Gasteiger charge is 2.54. The number of nitrogens with one attached hydrogen (secondary N) is 1. The fourth-order valence-corrected chi connectivity index (χ4v) is 5.26. The Morgan fingerprint density at radius 3 is 2.85 bits per heavy atom. The number of hydrogen-bond donors (Lipinski definition) is 1. The lowest BCUT2D eigenvalue weighted by atomic mass is 9.61. The highest BCUT2D eigenvalue weighted by Crippen LogP contribution is 2.52. The van der Waals surface area contributed by atoms with Gasteiger partial charge in [-0.3, -0.25) is 4.98 Å². The molecule has 1 saturated heterocycles. The molecule has 3 aliphatic rings. The van der Waals surface area contributed by atoms with Gasteiger partial charge in [-0.15, -0.1) is 0 Å². The molecule has 8 heteroatoms. The van der Waals surface area contributed by atoms with Gasteiger partial charge < -0.3 is 19.7 Å². The summed E-state index contributed by atoms with van der Waals surface area (Å²) in [6.07, 6.45) is 8.33. The van der Waals surface area contributed by atoms with Crippen molar-refractivity contribution in [1.82, 2.24) is 20.3 Å². The summed E-state index contributed by atoms with van der Waals surface area (Å²) >= 11 is 0. The van der Waals surface area contributed by atoms with Crippen LogP contribution in [-0.4, -0.2) is 40.7 Å². The number of fused-ring (bicyclic) bond motifs is 1. The van der Waals surface area contributed by atoms with E-state index in [2.05, 4.69) is 25.2 Å². The number of benzene rings is 1. The van der Waals surface area contributed by atoms with Crippen LogP contribution >= 0.6 is 0 Å². The molecule has 0 bridgehead atoms. The fourth-order valence-electron chi connectivity index (χ4n) is 5.26. The van der Waals surface area contributed by atoms with Crippen molar-refractivity contribution in [3.63, 3.8) is 0 Å². The number of hydrogen-bond acceptors (Lipinski definition) is 7. The van der Waals surface area contributed by atoms with Crippen molar-refractivity contribution in [2.45, 2.75) is 38.8 Å². The van der Waals surface area contributed by atoms with Crippen LogP contribution in [0, 0.1) is 18.2 Å². The molecule has 4 heterocycles. The Hall–Kier alpha value is -3.26. The molecule has 1 spiro atoms. The van der Waals surface area contributed by atoms with Crippen LogP contribution in [-0.2, 0) is 13.0 Å². The van der Waals surface area contributed by atoms with E-state index in [4.69, 9.17) is 9.47 Å². The number of ether oxygens (including phenoxy) is 2. The predicted octanol–water partition coefficient (Wildman–Crippen LogP) is 3.80. The van der Waals surface area contributed by atoms with E-state index in [9.17, 15) is 4.39 Å². The molecule has 1 N–H and O–H groups in total. The molecule has 6 rings (SSSR count). The van der Waals surface area contributed by atoms with Gasteiger partial charge in [-0.1, -0.05) is 0 Å². The van der Waals surface area contributed by atoms with Crippen LogP contribution in [0.5, 0.6) is 17.2 Å².